The molecule has 3 rings (SSSR count). The molecule has 2 aromatic heterocycles. The minimum absolute atomic E-state index is 0.119. The van der Waals surface area contributed by atoms with Crippen LogP contribution < -0.4 is 11.1 Å². The second-order valence-corrected chi connectivity index (χ2v) is 5.77. The number of carbonyl (C=O) groups is 1. The van der Waals surface area contributed by atoms with E-state index >= 15 is 0 Å². The highest BCUT2D eigenvalue weighted by Gasteiger charge is 2.24. The van der Waals surface area contributed by atoms with Gasteiger partial charge in [-0.3, -0.25) is 9.69 Å². The molecule has 6 nitrogen and oxygen atoms in total. The fourth-order valence-electron chi connectivity index (χ4n) is 3.06. The Morgan fingerprint density at radius 3 is 2.83 bits per heavy atom. The van der Waals surface area contributed by atoms with E-state index in [0.29, 0.717) is 17.9 Å². The van der Waals surface area contributed by atoms with Gasteiger partial charge in [-0.25, -0.2) is 4.98 Å². The number of nitrogens with one attached hydrogen (secondary N) is 1. The van der Waals surface area contributed by atoms with Crippen molar-refractivity contribution in [1.82, 2.24) is 9.88 Å². The summed E-state index contributed by atoms with van der Waals surface area (Å²) in [6.07, 6.45) is 7.03. The molecule has 3 heterocycles. The van der Waals surface area contributed by atoms with Crippen LogP contribution in [0.4, 0.5) is 5.82 Å². The van der Waals surface area contributed by atoms with Crippen molar-refractivity contribution in [1.29, 1.82) is 0 Å². The molecule has 3 N–H and O–H groups in total. The number of aromatic nitrogens is 1. The Morgan fingerprint density at radius 1 is 1.30 bits per heavy atom. The average molecular weight is 314 g/mol. The Morgan fingerprint density at radius 2 is 2.13 bits per heavy atom. The van der Waals surface area contributed by atoms with Gasteiger partial charge in [0.1, 0.15) is 11.6 Å². The molecule has 23 heavy (non-hydrogen) atoms. The molecular weight excluding hydrogens is 292 g/mol. The highest BCUT2D eigenvalue weighted by atomic mass is 16.3. The monoisotopic (exact) mass is 314 g/mol. The van der Waals surface area contributed by atoms with Crippen molar-refractivity contribution in [3.05, 3.63) is 48.0 Å². The number of amides is 1. The van der Waals surface area contributed by atoms with Gasteiger partial charge in [-0.15, -0.1) is 0 Å². The van der Waals surface area contributed by atoms with Crippen LogP contribution in [0.25, 0.3) is 0 Å². The van der Waals surface area contributed by atoms with Crippen molar-refractivity contribution < 1.29 is 9.21 Å². The zero-order chi connectivity index (χ0) is 16.1. The Bertz CT molecular complexity index is 636. The van der Waals surface area contributed by atoms with Gasteiger partial charge in [0, 0.05) is 12.7 Å². The topological polar surface area (TPSA) is 84.4 Å². The lowest BCUT2D eigenvalue weighted by Gasteiger charge is -2.33. The van der Waals surface area contributed by atoms with E-state index in [9.17, 15) is 4.79 Å². The number of hydrogen-bond acceptors (Lipinski definition) is 5. The van der Waals surface area contributed by atoms with E-state index in [1.807, 2.05) is 12.1 Å². The number of hydrogen-bond donors (Lipinski definition) is 2. The molecule has 1 aliphatic rings. The predicted octanol–water partition coefficient (Wildman–Crippen LogP) is 2.41. The number of primary amides is 1. The standard InChI is InChI=1S/C17H22N4O2/c18-16(22)13-6-4-8-19-17(13)20-12-14(15-7-5-11-23-15)21-9-2-1-3-10-21/h4-8,11,14H,1-3,9-10,12H2,(H2,18,22)(H,19,20)/t14-/m1/s1. The zero-order valence-corrected chi connectivity index (χ0v) is 13.1. The summed E-state index contributed by atoms with van der Waals surface area (Å²) in [6.45, 7) is 2.72. The molecule has 0 unspecified atom stereocenters. The number of rotatable bonds is 6. The summed E-state index contributed by atoms with van der Waals surface area (Å²) in [5.41, 5.74) is 5.82. The summed E-state index contributed by atoms with van der Waals surface area (Å²) < 4.78 is 5.62. The minimum atomic E-state index is -0.479. The number of pyridine rings is 1. The molecule has 1 amide bonds. The van der Waals surface area contributed by atoms with Crippen LogP contribution in [0.5, 0.6) is 0 Å². The molecule has 1 fully saturated rings. The number of piperidine rings is 1. The van der Waals surface area contributed by atoms with Gasteiger partial charge < -0.3 is 15.5 Å². The van der Waals surface area contributed by atoms with E-state index in [-0.39, 0.29) is 6.04 Å². The molecule has 1 atom stereocenters. The quantitative estimate of drug-likeness (QED) is 0.855. The SMILES string of the molecule is NC(=O)c1cccnc1NC[C@H](c1ccco1)N1CCCCC1. The van der Waals surface area contributed by atoms with Gasteiger partial charge in [0.05, 0.1) is 17.9 Å². The van der Waals surface area contributed by atoms with E-state index in [2.05, 4.69) is 15.2 Å². The summed E-state index contributed by atoms with van der Waals surface area (Å²) in [6, 6.07) is 7.41. The van der Waals surface area contributed by atoms with Crippen LogP contribution in [0.15, 0.2) is 41.1 Å². The summed E-state index contributed by atoms with van der Waals surface area (Å²) in [4.78, 5) is 18.2. The Kier molecular flexibility index (Phi) is 4.92. The van der Waals surface area contributed by atoms with Crippen molar-refractivity contribution in [3.63, 3.8) is 0 Å². The van der Waals surface area contributed by atoms with E-state index in [0.717, 1.165) is 18.8 Å². The lowest BCUT2D eigenvalue weighted by molar-refractivity contribution is 0.100. The summed E-state index contributed by atoms with van der Waals surface area (Å²) in [7, 11) is 0. The van der Waals surface area contributed by atoms with E-state index in [4.69, 9.17) is 10.2 Å². The molecule has 1 saturated heterocycles. The maximum atomic E-state index is 11.5. The van der Waals surface area contributed by atoms with Crippen LogP contribution in [-0.4, -0.2) is 35.4 Å². The fraction of sp³-hybridized carbons (Fsp3) is 0.412. The number of nitrogens with zero attached hydrogens (tertiary/aromatic N) is 2. The second-order valence-electron chi connectivity index (χ2n) is 5.77. The van der Waals surface area contributed by atoms with Crippen molar-refractivity contribution in [2.45, 2.75) is 25.3 Å². The largest absolute Gasteiger partial charge is 0.468 e. The lowest BCUT2D eigenvalue weighted by Crippen LogP contribution is -2.37. The number of carbonyl (C=O) groups excluding carboxylic acids is 1. The van der Waals surface area contributed by atoms with Crippen LogP contribution in [0, 0.1) is 0 Å². The van der Waals surface area contributed by atoms with Crippen molar-refractivity contribution in [2.75, 3.05) is 25.0 Å². The molecule has 6 heteroatoms. The molecule has 0 spiro atoms. The van der Waals surface area contributed by atoms with Crippen LogP contribution >= 0.6 is 0 Å². The summed E-state index contributed by atoms with van der Waals surface area (Å²) >= 11 is 0. The molecule has 0 aromatic carbocycles. The van der Waals surface area contributed by atoms with Gasteiger partial charge in [0.2, 0.25) is 0 Å². The van der Waals surface area contributed by atoms with Gasteiger partial charge in [0.25, 0.3) is 5.91 Å². The molecule has 0 bridgehead atoms. The normalized spacial score (nSPS) is 16.9. The lowest BCUT2D eigenvalue weighted by atomic mass is 10.1. The molecule has 122 valence electrons. The third kappa shape index (κ3) is 3.71. The van der Waals surface area contributed by atoms with Gasteiger partial charge in [0.15, 0.2) is 0 Å². The Balaban J connectivity index is 1.75. The van der Waals surface area contributed by atoms with Crippen molar-refractivity contribution in [2.24, 2.45) is 5.73 Å². The molecule has 2 aromatic rings. The van der Waals surface area contributed by atoms with Crippen LogP contribution in [0.1, 0.15) is 41.4 Å². The minimum Gasteiger partial charge on any atom is -0.468 e. The first-order chi connectivity index (χ1) is 11.3. The smallest absolute Gasteiger partial charge is 0.252 e. The maximum absolute atomic E-state index is 11.5. The molecule has 0 aliphatic carbocycles. The third-order valence-corrected chi connectivity index (χ3v) is 4.24. The summed E-state index contributed by atoms with van der Waals surface area (Å²) in [5.74, 6) is 0.970. The van der Waals surface area contributed by atoms with E-state index in [1.165, 1.54) is 19.3 Å². The second kappa shape index (κ2) is 7.28. The van der Waals surface area contributed by atoms with Crippen molar-refractivity contribution in [3.8, 4) is 0 Å². The average Bonchev–Trinajstić information content (AvgIpc) is 3.10. The first kappa shape index (κ1) is 15.6. The third-order valence-electron chi connectivity index (χ3n) is 4.24. The fourth-order valence-corrected chi connectivity index (χ4v) is 3.06. The summed E-state index contributed by atoms with van der Waals surface area (Å²) in [5, 5.41) is 3.27. The van der Waals surface area contributed by atoms with E-state index < -0.39 is 5.91 Å². The maximum Gasteiger partial charge on any atom is 0.252 e. The Hall–Kier alpha value is -2.34. The number of nitrogens with two attached hydrogens (primary N) is 1. The molecule has 0 radical (unpaired) electrons. The van der Waals surface area contributed by atoms with Crippen LogP contribution in [0.3, 0.4) is 0 Å². The Labute approximate surface area is 135 Å². The molecule has 0 saturated carbocycles. The zero-order valence-electron chi connectivity index (χ0n) is 13.1. The number of likely N-dealkylation sites (tertiary alicyclic amines) is 1. The molecule has 1 aliphatic heterocycles. The highest BCUT2D eigenvalue weighted by Crippen LogP contribution is 2.25. The van der Waals surface area contributed by atoms with Crippen LogP contribution in [0.2, 0.25) is 0 Å². The molecular formula is C17H22N4O2. The van der Waals surface area contributed by atoms with Crippen molar-refractivity contribution >= 4 is 11.7 Å². The van der Waals surface area contributed by atoms with Gasteiger partial charge >= 0.3 is 0 Å². The van der Waals surface area contributed by atoms with Gasteiger partial charge in [-0.2, -0.15) is 0 Å². The number of anilines is 1. The number of furan rings is 1. The highest BCUT2D eigenvalue weighted by molar-refractivity contribution is 5.97. The predicted molar refractivity (Wildman–Crippen MR) is 88.1 cm³/mol. The first-order valence-electron chi connectivity index (χ1n) is 8.02. The van der Waals surface area contributed by atoms with E-state index in [1.54, 1.807) is 24.6 Å². The van der Waals surface area contributed by atoms with Gasteiger partial charge in [-0.05, 0) is 50.2 Å². The van der Waals surface area contributed by atoms with Gasteiger partial charge in [-0.1, -0.05) is 6.42 Å². The first-order valence-corrected chi connectivity index (χ1v) is 8.02. The van der Waals surface area contributed by atoms with Crippen LogP contribution in [-0.2, 0) is 0 Å².